The molecular formula is C16H17ClN2O6. The van der Waals surface area contributed by atoms with Crippen LogP contribution >= 0.6 is 11.6 Å². The molecule has 1 aliphatic rings. The number of amides is 3. The van der Waals surface area contributed by atoms with Gasteiger partial charge in [-0.2, -0.15) is 0 Å². The number of carboxylic acid groups (broad SMARTS) is 1. The summed E-state index contributed by atoms with van der Waals surface area (Å²) in [4.78, 5) is 35.8. The van der Waals surface area contributed by atoms with Gasteiger partial charge in [0.25, 0.3) is 5.91 Å². The van der Waals surface area contributed by atoms with E-state index in [-0.39, 0.29) is 22.2 Å². The molecule has 0 saturated carbocycles. The zero-order valence-corrected chi connectivity index (χ0v) is 14.4. The van der Waals surface area contributed by atoms with Gasteiger partial charge in [-0.05, 0) is 30.2 Å². The Kier molecular flexibility index (Phi) is 5.87. The number of ether oxygens (including phenoxy) is 2. The highest BCUT2D eigenvalue weighted by atomic mass is 35.5. The third-order valence-corrected chi connectivity index (χ3v) is 3.59. The molecule has 0 aliphatic carbocycles. The summed E-state index contributed by atoms with van der Waals surface area (Å²) in [6, 6.07) is 2.53. The average Bonchev–Trinajstić information content (AvgIpc) is 2.81. The van der Waals surface area contributed by atoms with Crippen LogP contribution in [0, 0.1) is 0 Å². The SMILES string of the molecule is CCCN1C(=O)N/C(=C\c2cc(Cl)c(OCC(=O)O)c(OC)c2)C1=O. The van der Waals surface area contributed by atoms with E-state index in [1.165, 1.54) is 25.3 Å². The minimum absolute atomic E-state index is 0.0862. The van der Waals surface area contributed by atoms with Gasteiger partial charge in [0.2, 0.25) is 0 Å². The summed E-state index contributed by atoms with van der Waals surface area (Å²) in [6.07, 6.45) is 2.12. The van der Waals surface area contributed by atoms with Gasteiger partial charge < -0.3 is 19.9 Å². The summed E-state index contributed by atoms with van der Waals surface area (Å²) >= 11 is 6.12. The van der Waals surface area contributed by atoms with Crippen LogP contribution in [0.1, 0.15) is 18.9 Å². The van der Waals surface area contributed by atoms with Gasteiger partial charge >= 0.3 is 12.0 Å². The smallest absolute Gasteiger partial charge is 0.341 e. The van der Waals surface area contributed by atoms with Crippen molar-refractivity contribution in [3.63, 3.8) is 0 Å². The van der Waals surface area contributed by atoms with Crippen LogP contribution in [0.4, 0.5) is 4.79 Å². The number of nitrogens with zero attached hydrogens (tertiary/aromatic N) is 1. The van der Waals surface area contributed by atoms with Crippen molar-refractivity contribution >= 4 is 35.6 Å². The molecule has 1 fully saturated rings. The molecule has 9 heteroatoms. The fourth-order valence-corrected chi connectivity index (χ4v) is 2.54. The Labute approximate surface area is 149 Å². The van der Waals surface area contributed by atoms with Crippen molar-refractivity contribution in [2.75, 3.05) is 20.3 Å². The summed E-state index contributed by atoms with van der Waals surface area (Å²) in [7, 11) is 1.38. The Balaban J connectivity index is 2.31. The molecule has 0 spiro atoms. The molecule has 1 heterocycles. The Hall–Kier alpha value is -2.74. The van der Waals surface area contributed by atoms with E-state index in [0.29, 0.717) is 18.5 Å². The van der Waals surface area contributed by atoms with Gasteiger partial charge in [-0.15, -0.1) is 0 Å². The Bertz CT molecular complexity index is 746. The van der Waals surface area contributed by atoms with Crippen LogP contribution in [0.5, 0.6) is 11.5 Å². The van der Waals surface area contributed by atoms with Crippen molar-refractivity contribution in [1.29, 1.82) is 0 Å². The topological polar surface area (TPSA) is 105 Å². The number of carbonyl (C=O) groups is 3. The molecule has 25 heavy (non-hydrogen) atoms. The number of carbonyl (C=O) groups excluding carboxylic acids is 2. The predicted octanol–water partition coefficient (Wildman–Crippen LogP) is 2.11. The molecular weight excluding hydrogens is 352 g/mol. The molecule has 8 nitrogen and oxygen atoms in total. The van der Waals surface area contributed by atoms with Crippen LogP contribution in [0.15, 0.2) is 17.8 Å². The Morgan fingerprint density at radius 1 is 1.40 bits per heavy atom. The van der Waals surface area contributed by atoms with Crippen molar-refractivity contribution in [2.24, 2.45) is 0 Å². The van der Waals surface area contributed by atoms with Gasteiger partial charge in [-0.1, -0.05) is 18.5 Å². The lowest BCUT2D eigenvalue weighted by atomic mass is 10.1. The highest BCUT2D eigenvalue weighted by Gasteiger charge is 2.32. The molecule has 2 rings (SSSR count). The first-order valence-electron chi connectivity index (χ1n) is 7.44. The van der Waals surface area contributed by atoms with Crippen molar-refractivity contribution in [3.05, 3.63) is 28.4 Å². The van der Waals surface area contributed by atoms with Gasteiger partial charge in [0.15, 0.2) is 18.1 Å². The minimum Gasteiger partial charge on any atom is -0.493 e. The zero-order chi connectivity index (χ0) is 18.6. The second-order valence-corrected chi connectivity index (χ2v) is 5.57. The third kappa shape index (κ3) is 4.21. The van der Waals surface area contributed by atoms with Crippen molar-refractivity contribution < 1.29 is 29.0 Å². The largest absolute Gasteiger partial charge is 0.493 e. The van der Waals surface area contributed by atoms with Crippen LogP contribution in [0.3, 0.4) is 0 Å². The second-order valence-electron chi connectivity index (χ2n) is 5.16. The third-order valence-electron chi connectivity index (χ3n) is 3.31. The molecule has 0 atom stereocenters. The fourth-order valence-electron chi connectivity index (χ4n) is 2.26. The quantitative estimate of drug-likeness (QED) is 0.564. The summed E-state index contributed by atoms with van der Waals surface area (Å²) < 4.78 is 10.3. The van der Waals surface area contributed by atoms with Crippen LogP contribution in [-0.4, -0.2) is 48.2 Å². The van der Waals surface area contributed by atoms with Crippen LogP contribution < -0.4 is 14.8 Å². The lowest BCUT2D eigenvalue weighted by Crippen LogP contribution is -2.31. The lowest BCUT2D eigenvalue weighted by molar-refractivity contribution is -0.139. The maximum absolute atomic E-state index is 12.2. The average molecular weight is 369 g/mol. The lowest BCUT2D eigenvalue weighted by Gasteiger charge is -2.12. The number of hydrogen-bond donors (Lipinski definition) is 2. The maximum atomic E-state index is 12.2. The van der Waals surface area contributed by atoms with Crippen LogP contribution in [0.25, 0.3) is 6.08 Å². The minimum atomic E-state index is -1.15. The number of hydrogen-bond acceptors (Lipinski definition) is 5. The molecule has 0 bridgehead atoms. The molecule has 134 valence electrons. The van der Waals surface area contributed by atoms with E-state index in [1.54, 1.807) is 0 Å². The highest BCUT2D eigenvalue weighted by Crippen LogP contribution is 2.37. The molecule has 3 amide bonds. The van der Waals surface area contributed by atoms with E-state index in [1.807, 2.05) is 6.92 Å². The van der Waals surface area contributed by atoms with Gasteiger partial charge in [0.05, 0.1) is 12.1 Å². The molecule has 1 aliphatic heterocycles. The van der Waals surface area contributed by atoms with Gasteiger partial charge in [-0.25, -0.2) is 9.59 Å². The van der Waals surface area contributed by atoms with Crippen molar-refractivity contribution in [1.82, 2.24) is 10.2 Å². The van der Waals surface area contributed by atoms with E-state index in [9.17, 15) is 14.4 Å². The van der Waals surface area contributed by atoms with Crippen LogP contribution in [0.2, 0.25) is 5.02 Å². The Morgan fingerprint density at radius 2 is 2.12 bits per heavy atom. The summed E-state index contributed by atoms with van der Waals surface area (Å²) in [5, 5.41) is 11.3. The van der Waals surface area contributed by atoms with E-state index < -0.39 is 24.5 Å². The molecule has 0 unspecified atom stereocenters. The van der Waals surface area contributed by atoms with Crippen molar-refractivity contribution in [2.45, 2.75) is 13.3 Å². The molecule has 1 aromatic rings. The monoisotopic (exact) mass is 368 g/mol. The summed E-state index contributed by atoms with van der Waals surface area (Å²) in [5.74, 6) is -1.28. The molecule has 0 aromatic heterocycles. The first kappa shape index (κ1) is 18.6. The van der Waals surface area contributed by atoms with Crippen molar-refractivity contribution in [3.8, 4) is 11.5 Å². The second kappa shape index (κ2) is 7.89. The number of rotatable bonds is 7. The van der Waals surface area contributed by atoms with E-state index in [0.717, 1.165) is 4.90 Å². The molecule has 1 aromatic carbocycles. The molecule has 1 saturated heterocycles. The summed E-state index contributed by atoms with van der Waals surface area (Å²) in [6.45, 7) is 1.62. The van der Waals surface area contributed by atoms with Crippen LogP contribution in [-0.2, 0) is 9.59 Å². The fraction of sp³-hybridized carbons (Fsp3) is 0.312. The normalized spacial score (nSPS) is 15.5. The summed E-state index contributed by atoms with van der Waals surface area (Å²) in [5.41, 5.74) is 0.613. The predicted molar refractivity (Wildman–Crippen MR) is 89.6 cm³/mol. The van der Waals surface area contributed by atoms with Gasteiger partial charge in [0, 0.05) is 6.54 Å². The number of halogens is 1. The van der Waals surface area contributed by atoms with E-state index >= 15 is 0 Å². The molecule has 2 N–H and O–H groups in total. The van der Waals surface area contributed by atoms with E-state index in [2.05, 4.69) is 5.32 Å². The van der Waals surface area contributed by atoms with E-state index in [4.69, 9.17) is 26.2 Å². The maximum Gasteiger partial charge on any atom is 0.341 e. The number of nitrogens with one attached hydrogen (secondary N) is 1. The Morgan fingerprint density at radius 3 is 2.72 bits per heavy atom. The molecule has 0 radical (unpaired) electrons. The van der Waals surface area contributed by atoms with Gasteiger partial charge in [0.1, 0.15) is 5.70 Å². The first-order valence-corrected chi connectivity index (χ1v) is 7.81. The first-order chi connectivity index (χ1) is 11.9. The number of aliphatic carboxylic acids is 1. The number of benzene rings is 1. The number of imide groups is 1. The zero-order valence-electron chi connectivity index (χ0n) is 13.7. The number of methoxy groups -OCH3 is 1. The van der Waals surface area contributed by atoms with Gasteiger partial charge in [-0.3, -0.25) is 9.69 Å². The highest BCUT2D eigenvalue weighted by molar-refractivity contribution is 6.32. The number of urea groups is 1. The standard InChI is InChI=1S/C16H17ClN2O6/c1-3-4-19-15(22)11(18-16(19)23)6-9-5-10(17)14(12(7-9)24-2)25-8-13(20)21/h5-7H,3-4,8H2,1-2H3,(H,18,23)(H,20,21)/b11-6-. The number of carboxylic acids is 1.